The van der Waals surface area contributed by atoms with E-state index >= 15 is 0 Å². The van der Waals surface area contributed by atoms with Crippen molar-refractivity contribution in [3.63, 3.8) is 0 Å². The number of ether oxygens (including phenoxy) is 1. The van der Waals surface area contributed by atoms with Crippen molar-refractivity contribution in [2.45, 2.75) is 32.4 Å². The molecule has 2 aromatic carbocycles. The molecule has 0 aliphatic carbocycles. The summed E-state index contributed by atoms with van der Waals surface area (Å²) in [7, 11) is 0. The fraction of sp³-hybridized carbons (Fsp3) is 0.308. The molecule has 2 N–H and O–H groups in total. The SMILES string of the molecule is CSCCC(NC(=O)c1ccc(COCCc2ccco2)cc1-c1ccccc1C)C(=O)O.[H-].[Li+]. The predicted octanol–water partition coefficient (Wildman–Crippen LogP) is 2.07. The third-order valence-electron chi connectivity index (χ3n) is 5.32. The molecule has 8 heteroatoms. The molecule has 3 rings (SSSR count). The molecule has 0 saturated carbocycles. The van der Waals surface area contributed by atoms with Crippen LogP contribution in [0.15, 0.2) is 65.3 Å². The Bertz CT molecular complexity index is 1080. The van der Waals surface area contributed by atoms with Crippen LogP contribution >= 0.6 is 11.8 Å². The van der Waals surface area contributed by atoms with Crippen LogP contribution in [0, 0.1) is 6.92 Å². The minimum atomic E-state index is -1.03. The van der Waals surface area contributed by atoms with Gasteiger partial charge in [-0.2, -0.15) is 11.8 Å². The molecule has 176 valence electrons. The zero-order valence-corrected chi connectivity index (χ0v) is 20.7. The Balaban J connectivity index is 0.00000306. The van der Waals surface area contributed by atoms with Crippen molar-refractivity contribution >= 4 is 23.6 Å². The number of carboxylic acid groups (broad SMARTS) is 1. The van der Waals surface area contributed by atoms with Gasteiger partial charge in [-0.25, -0.2) is 4.79 Å². The summed E-state index contributed by atoms with van der Waals surface area (Å²) in [6.45, 7) is 2.90. The van der Waals surface area contributed by atoms with Gasteiger partial charge in [-0.3, -0.25) is 4.79 Å². The van der Waals surface area contributed by atoms with Gasteiger partial charge in [0.05, 0.1) is 19.5 Å². The largest absolute Gasteiger partial charge is 1.00 e. The van der Waals surface area contributed by atoms with E-state index in [2.05, 4.69) is 5.32 Å². The molecule has 0 bridgehead atoms. The number of aliphatic carboxylic acids is 1. The molecular weight excluding hydrogens is 445 g/mol. The summed E-state index contributed by atoms with van der Waals surface area (Å²) in [5.41, 5.74) is 4.09. The van der Waals surface area contributed by atoms with Crippen molar-refractivity contribution < 1.29 is 44.1 Å². The molecule has 3 aromatic rings. The summed E-state index contributed by atoms with van der Waals surface area (Å²) in [5, 5.41) is 12.2. The van der Waals surface area contributed by atoms with Gasteiger partial charge in [0, 0.05) is 12.0 Å². The molecule has 0 aliphatic heterocycles. The molecular formula is C26H30LiNO5S. The molecule has 0 fully saturated rings. The van der Waals surface area contributed by atoms with E-state index in [1.54, 1.807) is 24.1 Å². The maximum atomic E-state index is 13.1. The number of benzene rings is 2. The second-order valence-corrected chi connectivity index (χ2v) is 8.71. The number of carbonyl (C=O) groups is 2. The van der Waals surface area contributed by atoms with E-state index in [4.69, 9.17) is 9.15 Å². The van der Waals surface area contributed by atoms with Crippen LogP contribution in [0.1, 0.15) is 35.1 Å². The minimum absolute atomic E-state index is 0. The number of carbonyl (C=O) groups excluding carboxylic acids is 1. The van der Waals surface area contributed by atoms with Crippen LogP contribution in [0.5, 0.6) is 0 Å². The van der Waals surface area contributed by atoms with Gasteiger partial charge in [0.2, 0.25) is 0 Å². The Kier molecular flexibility index (Phi) is 11.5. The average molecular weight is 476 g/mol. The van der Waals surface area contributed by atoms with Crippen molar-refractivity contribution in [1.82, 2.24) is 5.32 Å². The van der Waals surface area contributed by atoms with E-state index in [-0.39, 0.29) is 20.3 Å². The van der Waals surface area contributed by atoms with Crippen LogP contribution in [-0.4, -0.2) is 41.6 Å². The maximum absolute atomic E-state index is 13.1. The molecule has 0 spiro atoms. The first kappa shape index (κ1) is 27.8. The fourth-order valence-electron chi connectivity index (χ4n) is 3.52. The second kappa shape index (κ2) is 14.1. The molecule has 0 aliphatic rings. The Hall–Kier alpha value is -2.43. The van der Waals surface area contributed by atoms with E-state index in [9.17, 15) is 14.7 Å². The number of furan rings is 1. The van der Waals surface area contributed by atoms with Gasteiger partial charge in [-0.15, -0.1) is 0 Å². The number of thioether (sulfide) groups is 1. The first-order valence-corrected chi connectivity index (χ1v) is 12.2. The first-order chi connectivity index (χ1) is 16.0. The van der Waals surface area contributed by atoms with Crippen molar-refractivity contribution in [3.8, 4) is 11.1 Å². The van der Waals surface area contributed by atoms with Crippen LogP contribution in [0.3, 0.4) is 0 Å². The van der Waals surface area contributed by atoms with E-state index in [1.807, 2.05) is 61.7 Å². The molecule has 1 aromatic heterocycles. The minimum Gasteiger partial charge on any atom is -1.00 e. The summed E-state index contributed by atoms with van der Waals surface area (Å²) in [6, 6.07) is 16.2. The zero-order valence-electron chi connectivity index (χ0n) is 20.9. The molecule has 6 nitrogen and oxygen atoms in total. The number of carboxylic acids is 1. The summed E-state index contributed by atoms with van der Waals surface area (Å²) in [5.74, 6) is 0.0939. The third-order valence-corrected chi connectivity index (χ3v) is 5.96. The van der Waals surface area contributed by atoms with Crippen molar-refractivity contribution in [1.29, 1.82) is 0 Å². The van der Waals surface area contributed by atoms with Gasteiger partial charge in [0.15, 0.2) is 0 Å². The molecule has 0 saturated heterocycles. The molecule has 34 heavy (non-hydrogen) atoms. The smallest absolute Gasteiger partial charge is 1.00 e. The quantitative estimate of drug-likeness (QED) is 0.308. The van der Waals surface area contributed by atoms with E-state index in [0.29, 0.717) is 37.4 Å². The molecule has 1 heterocycles. The van der Waals surface area contributed by atoms with Gasteiger partial charge in [0.1, 0.15) is 11.8 Å². The summed E-state index contributed by atoms with van der Waals surface area (Å²) in [4.78, 5) is 24.7. The molecule has 1 amide bonds. The molecule has 1 unspecified atom stereocenters. The monoisotopic (exact) mass is 475 g/mol. The predicted molar refractivity (Wildman–Crippen MR) is 132 cm³/mol. The summed E-state index contributed by atoms with van der Waals surface area (Å²) < 4.78 is 11.1. The number of amides is 1. The van der Waals surface area contributed by atoms with Crippen LogP contribution in [0.2, 0.25) is 0 Å². The van der Waals surface area contributed by atoms with E-state index in [1.165, 1.54) is 0 Å². The Morgan fingerprint density at radius 2 is 1.94 bits per heavy atom. The second-order valence-electron chi connectivity index (χ2n) is 7.72. The fourth-order valence-corrected chi connectivity index (χ4v) is 4.00. The molecule has 0 radical (unpaired) electrons. The van der Waals surface area contributed by atoms with Crippen LogP contribution in [0.4, 0.5) is 0 Å². The normalized spacial score (nSPS) is 11.5. The van der Waals surface area contributed by atoms with Gasteiger partial charge < -0.3 is 21.0 Å². The topological polar surface area (TPSA) is 88.8 Å². The van der Waals surface area contributed by atoms with Crippen molar-refractivity contribution in [2.75, 3.05) is 18.6 Å². The van der Waals surface area contributed by atoms with E-state index in [0.717, 1.165) is 28.0 Å². The van der Waals surface area contributed by atoms with Crippen molar-refractivity contribution in [3.05, 3.63) is 83.3 Å². The van der Waals surface area contributed by atoms with Gasteiger partial charge in [-0.05, 0) is 71.9 Å². The number of hydrogen-bond acceptors (Lipinski definition) is 5. The zero-order chi connectivity index (χ0) is 23.6. The van der Waals surface area contributed by atoms with Crippen LogP contribution in [-0.2, 0) is 22.6 Å². The van der Waals surface area contributed by atoms with Crippen molar-refractivity contribution in [2.24, 2.45) is 0 Å². The van der Waals surface area contributed by atoms with Gasteiger partial charge in [0.25, 0.3) is 5.91 Å². The third kappa shape index (κ3) is 7.81. The number of rotatable bonds is 12. The average Bonchev–Trinajstić information content (AvgIpc) is 3.33. The number of hydrogen-bond donors (Lipinski definition) is 2. The van der Waals surface area contributed by atoms with E-state index < -0.39 is 17.9 Å². The maximum Gasteiger partial charge on any atom is 1.00 e. The Morgan fingerprint density at radius 3 is 2.62 bits per heavy atom. The Morgan fingerprint density at radius 1 is 1.15 bits per heavy atom. The van der Waals surface area contributed by atoms with Crippen LogP contribution in [0.25, 0.3) is 11.1 Å². The van der Waals surface area contributed by atoms with Gasteiger partial charge >= 0.3 is 24.8 Å². The summed E-state index contributed by atoms with van der Waals surface area (Å²) >= 11 is 1.55. The van der Waals surface area contributed by atoms with Gasteiger partial charge in [-0.1, -0.05) is 30.3 Å². The first-order valence-electron chi connectivity index (χ1n) is 10.8. The summed E-state index contributed by atoms with van der Waals surface area (Å²) in [6.07, 6.45) is 4.60. The number of nitrogens with one attached hydrogen (secondary N) is 1. The standard InChI is InChI=1S/C26H29NO5S.Li.H/c1-18-6-3-4-8-21(18)23-16-19(17-31-14-11-20-7-5-13-32-20)9-10-22(23)25(28)27-24(26(29)30)12-15-33-2;;/h3-10,13,16,24H,11-12,14-15,17H2,1-2H3,(H,27,28)(H,29,30);;/q;+1;-1. The number of aryl methyl sites for hydroxylation is 1. The van der Waals surface area contributed by atoms with Crippen LogP contribution < -0.4 is 24.2 Å². The Labute approximate surface area is 218 Å². The molecule has 1 atom stereocenters.